The molecule has 0 aliphatic heterocycles. The van der Waals surface area contributed by atoms with Gasteiger partial charge in [0, 0.05) is 28.6 Å². The summed E-state index contributed by atoms with van der Waals surface area (Å²) in [4.78, 5) is 20.5. The number of aromatic nitrogens is 3. The Hall–Kier alpha value is -3.49. The Labute approximate surface area is 212 Å². The molecule has 0 fully saturated rings. The lowest BCUT2D eigenvalue weighted by Crippen LogP contribution is -2.34. The van der Waals surface area contributed by atoms with Gasteiger partial charge in [-0.3, -0.25) is 9.36 Å². The fourth-order valence-corrected chi connectivity index (χ4v) is 6.59. The molecule has 0 spiro atoms. The number of hydrogen-bond acceptors (Lipinski definition) is 7. The van der Waals surface area contributed by atoms with Crippen molar-refractivity contribution in [1.29, 1.82) is 0 Å². The van der Waals surface area contributed by atoms with Crippen LogP contribution in [0.5, 0.6) is 5.75 Å². The van der Waals surface area contributed by atoms with Crippen LogP contribution in [0.1, 0.15) is 39.4 Å². The number of benzene rings is 2. The van der Waals surface area contributed by atoms with Crippen LogP contribution in [-0.2, 0) is 25.9 Å². The van der Waals surface area contributed by atoms with Gasteiger partial charge in [-0.2, -0.15) is 0 Å². The third kappa shape index (κ3) is 3.90. The van der Waals surface area contributed by atoms with Gasteiger partial charge >= 0.3 is 0 Å². The zero-order valence-corrected chi connectivity index (χ0v) is 21.4. The largest absolute Gasteiger partial charge is 0.496 e. The third-order valence-corrected chi connectivity index (χ3v) is 8.49. The van der Waals surface area contributed by atoms with Crippen molar-refractivity contribution in [2.24, 2.45) is 0 Å². The molecule has 6 rings (SSSR count). The summed E-state index contributed by atoms with van der Waals surface area (Å²) in [5, 5.41) is 10.7. The number of ether oxygens (including phenoxy) is 1. The molecule has 1 atom stereocenters. The van der Waals surface area contributed by atoms with Crippen molar-refractivity contribution < 1.29 is 9.26 Å². The van der Waals surface area contributed by atoms with Gasteiger partial charge in [0.2, 0.25) is 0 Å². The second-order valence-electron chi connectivity index (χ2n) is 9.45. The number of nitrogens with one attached hydrogen (secondary N) is 1. The van der Waals surface area contributed by atoms with Crippen molar-refractivity contribution in [2.75, 3.05) is 7.11 Å². The summed E-state index contributed by atoms with van der Waals surface area (Å²) in [5.41, 5.74) is 4.25. The molecule has 0 saturated heterocycles. The van der Waals surface area contributed by atoms with Crippen LogP contribution < -0.4 is 15.6 Å². The van der Waals surface area contributed by atoms with Crippen LogP contribution in [0.2, 0.25) is 0 Å². The highest BCUT2D eigenvalue weighted by Gasteiger charge is 2.26. The van der Waals surface area contributed by atoms with Crippen molar-refractivity contribution in [3.63, 3.8) is 0 Å². The summed E-state index contributed by atoms with van der Waals surface area (Å²) in [6.45, 7) is 5.08. The standard InChI is InChI=1S/C28H28N4O3S/c1-16-22(17(2)35-31-16)13-29-19-9-10-21-25(12-19)36-27-26(21)28(33)32(15-30-27)14-23-20-7-5-4-6-18(20)8-11-24(23)34-3/h4-8,11,15,19,29H,9-10,12-14H2,1-3H3. The summed E-state index contributed by atoms with van der Waals surface area (Å²) >= 11 is 1.65. The van der Waals surface area contributed by atoms with E-state index in [0.29, 0.717) is 12.6 Å². The second-order valence-corrected chi connectivity index (χ2v) is 10.5. The molecule has 1 aliphatic rings. The lowest BCUT2D eigenvalue weighted by Gasteiger charge is -2.23. The molecule has 7 nitrogen and oxygen atoms in total. The van der Waals surface area contributed by atoms with Crippen LogP contribution in [0.3, 0.4) is 0 Å². The quantitative estimate of drug-likeness (QED) is 0.356. The maximum atomic E-state index is 13.7. The number of hydrogen-bond donors (Lipinski definition) is 1. The fourth-order valence-electron chi connectivity index (χ4n) is 5.33. The first-order valence-corrected chi connectivity index (χ1v) is 13.0. The van der Waals surface area contributed by atoms with Crippen molar-refractivity contribution in [3.05, 3.63) is 86.1 Å². The Bertz CT molecular complexity index is 1630. The van der Waals surface area contributed by atoms with E-state index in [0.717, 1.165) is 75.1 Å². The highest BCUT2D eigenvalue weighted by Crippen LogP contribution is 2.34. The van der Waals surface area contributed by atoms with E-state index in [1.54, 1.807) is 29.3 Å². The van der Waals surface area contributed by atoms with Gasteiger partial charge < -0.3 is 14.6 Å². The Morgan fingerprint density at radius 3 is 2.86 bits per heavy atom. The normalized spacial score (nSPS) is 15.5. The molecular formula is C28H28N4O3S. The lowest BCUT2D eigenvalue weighted by atomic mass is 9.93. The minimum atomic E-state index is 0.0228. The molecule has 2 aromatic carbocycles. The highest BCUT2D eigenvalue weighted by atomic mass is 32.1. The van der Waals surface area contributed by atoms with Gasteiger partial charge in [0.15, 0.2) is 0 Å². The van der Waals surface area contributed by atoms with Crippen LogP contribution >= 0.6 is 11.3 Å². The number of fused-ring (bicyclic) bond motifs is 4. The summed E-state index contributed by atoms with van der Waals surface area (Å²) in [6, 6.07) is 12.6. The molecule has 8 heteroatoms. The Balaban J connectivity index is 1.30. The maximum Gasteiger partial charge on any atom is 0.262 e. The van der Waals surface area contributed by atoms with E-state index in [-0.39, 0.29) is 5.56 Å². The highest BCUT2D eigenvalue weighted by molar-refractivity contribution is 7.18. The predicted molar refractivity (Wildman–Crippen MR) is 142 cm³/mol. The van der Waals surface area contributed by atoms with Gasteiger partial charge in [-0.25, -0.2) is 4.98 Å². The fraction of sp³-hybridized carbons (Fsp3) is 0.321. The Morgan fingerprint density at radius 2 is 2.06 bits per heavy atom. The van der Waals surface area contributed by atoms with E-state index in [9.17, 15) is 4.79 Å². The molecule has 3 heterocycles. The molecule has 1 unspecified atom stereocenters. The molecule has 184 valence electrons. The van der Waals surface area contributed by atoms with Crippen molar-refractivity contribution >= 4 is 32.3 Å². The first-order chi connectivity index (χ1) is 17.5. The second kappa shape index (κ2) is 9.19. The molecule has 3 aromatic heterocycles. The topological polar surface area (TPSA) is 82.2 Å². The molecular weight excluding hydrogens is 472 g/mol. The van der Waals surface area contributed by atoms with Gasteiger partial charge in [0.25, 0.3) is 5.56 Å². The van der Waals surface area contributed by atoms with Crippen molar-refractivity contribution in [2.45, 2.75) is 52.2 Å². The number of nitrogens with zero attached hydrogens (tertiary/aromatic N) is 3. The smallest absolute Gasteiger partial charge is 0.262 e. The van der Waals surface area contributed by atoms with Gasteiger partial charge in [-0.15, -0.1) is 11.3 Å². The van der Waals surface area contributed by atoms with Gasteiger partial charge in [0.05, 0.1) is 31.1 Å². The summed E-state index contributed by atoms with van der Waals surface area (Å²) < 4.78 is 12.7. The molecule has 5 aromatic rings. The SMILES string of the molecule is COc1ccc2ccccc2c1Cn1cnc2sc3c(c2c1=O)CCC(NCc1c(C)noc1C)C3. The number of rotatable bonds is 6. The van der Waals surface area contributed by atoms with Crippen LogP contribution in [0.25, 0.3) is 21.0 Å². The molecule has 0 amide bonds. The van der Waals surface area contributed by atoms with E-state index >= 15 is 0 Å². The molecule has 36 heavy (non-hydrogen) atoms. The summed E-state index contributed by atoms with van der Waals surface area (Å²) in [7, 11) is 1.67. The predicted octanol–water partition coefficient (Wildman–Crippen LogP) is 4.92. The summed E-state index contributed by atoms with van der Waals surface area (Å²) in [5.74, 6) is 1.64. The van der Waals surface area contributed by atoms with Crippen molar-refractivity contribution in [3.8, 4) is 5.75 Å². The molecule has 0 bridgehead atoms. The first kappa shape index (κ1) is 22.9. The van der Waals surface area contributed by atoms with E-state index < -0.39 is 0 Å². The monoisotopic (exact) mass is 500 g/mol. The van der Waals surface area contributed by atoms with Gasteiger partial charge in [0.1, 0.15) is 16.3 Å². The van der Waals surface area contributed by atoms with Crippen LogP contribution in [-0.4, -0.2) is 27.9 Å². The Morgan fingerprint density at radius 1 is 1.19 bits per heavy atom. The average molecular weight is 501 g/mol. The van der Waals surface area contributed by atoms with E-state index in [1.807, 2.05) is 38.1 Å². The minimum Gasteiger partial charge on any atom is -0.496 e. The lowest BCUT2D eigenvalue weighted by molar-refractivity contribution is 0.390. The van der Waals surface area contributed by atoms with Crippen LogP contribution in [0.15, 0.2) is 52.0 Å². The Kier molecular flexibility index (Phi) is 5.85. The molecule has 1 aliphatic carbocycles. The van der Waals surface area contributed by atoms with Crippen LogP contribution in [0, 0.1) is 13.8 Å². The zero-order valence-electron chi connectivity index (χ0n) is 20.6. The van der Waals surface area contributed by atoms with E-state index in [2.05, 4.69) is 22.6 Å². The van der Waals surface area contributed by atoms with Crippen molar-refractivity contribution in [1.82, 2.24) is 20.0 Å². The first-order valence-electron chi connectivity index (χ1n) is 12.2. The maximum absolute atomic E-state index is 13.7. The minimum absolute atomic E-state index is 0.0228. The van der Waals surface area contributed by atoms with E-state index in [4.69, 9.17) is 14.2 Å². The molecule has 0 saturated carbocycles. The third-order valence-electron chi connectivity index (χ3n) is 7.33. The molecule has 1 N–H and O–H groups in total. The summed E-state index contributed by atoms with van der Waals surface area (Å²) in [6.07, 6.45) is 4.43. The van der Waals surface area contributed by atoms with E-state index in [1.165, 1.54) is 10.4 Å². The average Bonchev–Trinajstić information content (AvgIpc) is 3.43. The number of thiophene rings is 1. The van der Waals surface area contributed by atoms with Gasteiger partial charge in [-0.05, 0) is 55.5 Å². The number of methoxy groups -OCH3 is 1. The van der Waals surface area contributed by atoms with Gasteiger partial charge in [-0.1, -0.05) is 35.5 Å². The zero-order chi connectivity index (χ0) is 24.8. The van der Waals surface area contributed by atoms with Crippen LogP contribution in [0.4, 0.5) is 0 Å². The number of aryl methyl sites for hydroxylation is 3. The molecule has 0 radical (unpaired) electrons.